The molecule has 4 nitrogen and oxygen atoms in total. The van der Waals surface area contributed by atoms with Gasteiger partial charge in [0, 0.05) is 4.47 Å². The minimum Gasteiger partial charge on any atom is -0.496 e. The van der Waals surface area contributed by atoms with E-state index >= 15 is 0 Å². The molecule has 1 heterocycles. The third-order valence-electron chi connectivity index (χ3n) is 3.58. The lowest BCUT2D eigenvalue weighted by Crippen LogP contribution is -2.27. The third kappa shape index (κ3) is 4.27. The minimum absolute atomic E-state index is 0.251. The van der Waals surface area contributed by atoms with Gasteiger partial charge in [-0.3, -0.25) is 14.5 Å². The van der Waals surface area contributed by atoms with Gasteiger partial charge in [0.05, 0.1) is 22.1 Å². The summed E-state index contributed by atoms with van der Waals surface area (Å²) < 4.78 is 7.10. The molecule has 0 unspecified atom stereocenters. The topological polar surface area (TPSA) is 46.6 Å². The lowest BCUT2D eigenvalue weighted by atomic mass is 10.2. The first kappa shape index (κ1) is 18.5. The zero-order valence-corrected chi connectivity index (χ0v) is 17.7. The van der Waals surface area contributed by atoms with Crippen LogP contribution >= 0.6 is 50.3 Å². The van der Waals surface area contributed by atoms with Crippen LogP contribution in [-0.4, -0.2) is 23.2 Å². The number of methoxy groups -OCH3 is 1. The molecule has 0 spiro atoms. The molecule has 25 heavy (non-hydrogen) atoms. The predicted octanol–water partition coefficient (Wildman–Crippen LogP) is 5.30. The highest BCUT2D eigenvalue weighted by atomic mass is 127. The summed E-state index contributed by atoms with van der Waals surface area (Å²) in [5.74, 6) is 0.515. The van der Waals surface area contributed by atoms with Crippen LogP contribution in [0.4, 0.5) is 4.79 Å². The van der Waals surface area contributed by atoms with Gasteiger partial charge >= 0.3 is 0 Å². The first-order valence-electron chi connectivity index (χ1n) is 7.31. The number of rotatable bonds is 4. The predicted molar refractivity (Wildman–Crippen MR) is 111 cm³/mol. The van der Waals surface area contributed by atoms with Crippen molar-refractivity contribution in [3.8, 4) is 5.75 Å². The molecule has 0 aromatic heterocycles. The Labute approximate surface area is 171 Å². The number of ether oxygens (including phenoxy) is 1. The third-order valence-corrected chi connectivity index (χ3v) is 5.82. The van der Waals surface area contributed by atoms with E-state index in [1.165, 1.54) is 4.90 Å². The fraction of sp³-hybridized carbons (Fsp3) is 0.111. The largest absolute Gasteiger partial charge is 0.496 e. The molecule has 0 radical (unpaired) electrons. The molecule has 1 fully saturated rings. The number of imide groups is 1. The molecule has 0 N–H and O–H groups in total. The molecule has 1 aliphatic rings. The Bertz CT molecular complexity index is 884. The second kappa shape index (κ2) is 7.92. The van der Waals surface area contributed by atoms with Crippen molar-refractivity contribution in [2.24, 2.45) is 0 Å². The first-order valence-corrected chi connectivity index (χ1v) is 10.00. The monoisotopic (exact) mass is 529 g/mol. The molecule has 0 saturated carbocycles. The standard InChI is InChI=1S/C18H13BrINO3S/c1-24-15-6-5-11(8-14(15)20)9-16-17(22)21(18(23)25-16)10-12-3-2-4-13(19)7-12/h2-9H,10H2,1H3/b16-9-. The van der Waals surface area contributed by atoms with Gasteiger partial charge in [-0.2, -0.15) is 0 Å². The maximum atomic E-state index is 12.6. The smallest absolute Gasteiger partial charge is 0.293 e. The van der Waals surface area contributed by atoms with E-state index in [0.717, 1.165) is 36.7 Å². The summed E-state index contributed by atoms with van der Waals surface area (Å²) in [7, 11) is 1.62. The van der Waals surface area contributed by atoms with E-state index < -0.39 is 0 Å². The number of hydrogen-bond donors (Lipinski definition) is 0. The van der Waals surface area contributed by atoms with Crippen molar-refractivity contribution in [3.63, 3.8) is 0 Å². The molecule has 1 aliphatic heterocycles. The number of nitrogens with zero attached hydrogens (tertiary/aromatic N) is 1. The molecule has 128 valence electrons. The Hall–Kier alpha value is -1.32. The van der Waals surface area contributed by atoms with Gasteiger partial charge in [0.1, 0.15) is 5.75 Å². The quantitative estimate of drug-likeness (QED) is 0.398. The van der Waals surface area contributed by atoms with Crippen LogP contribution in [0.25, 0.3) is 6.08 Å². The van der Waals surface area contributed by atoms with E-state index in [1.54, 1.807) is 13.2 Å². The average Bonchev–Trinajstić information content (AvgIpc) is 2.83. The molecule has 2 amide bonds. The SMILES string of the molecule is COc1ccc(/C=C2\SC(=O)N(Cc3cccc(Br)c3)C2=O)cc1I. The Kier molecular flexibility index (Phi) is 5.85. The summed E-state index contributed by atoms with van der Waals surface area (Å²) in [6, 6.07) is 13.2. The van der Waals surface area contributed by atoms with E-state index in [0.29, 0.717) is 4.91 Å². The van der Waals surface area contributed by atoms with Crippen LogP contribution in [0, 0.1) is 3.57 Å². The number of amides is 2. The number of thioether (sulfide) groups is 1. The Balaban J connectivity index is 1.82. The second-order valence-electron chi connectivity index (χ2n) is 5.29. The molecular formula is C18H13BrINO3S. The van der Waals surface area contributed by atoms with E-state index in [9.17, 15) is 9.59 Å². The molecule has 2 aromatic rings. The van der Waals surface area contributed by atoms with Crippen LogP contribution < -0.4 is 4.74 Å². The van der Waals surface area contributed by atoms with Crippen LogP contribution in [0.2, 0.25) is 0 Å². The van der Waals surface area contributed by atoms with Crippen LogP contribution in [0.3, 0.4) is 0 Å². The van der Waals surface area contributed by atoms with Crippen molar-refractivity contribution in [2.75, 3.05) is 7.11 Å². The van der Waals surface area contributed by atoms with Crippen LogP contribution in [-0.2, 0) is 11.3 Å². The van der Waals surface area contributed by atoms with E-state index in [1.807, 2.05) is 42.5 Å². The lowest BCUT2D eigenvalue weighted by Gasteiger charge is -2.12. The molecule has 7 heteroatoms. The summed E-state index contributed by atoms with van der Waals surface area (Å²) in [4.78, 5) is 26.5. The Morgan fingerprint density at radius 1 is 1.24 bits per heavy atom. The maximum absolute atomic E-state index is 12.6. The highest BCUT2D eigenvalue weighted by Crippen LogP contribution is 2.34. The van der Waals surface area contributed by atoms with E-state index in [4.69, 9.17) is 4.74 Å². The van der Waals surface area contributed by atoms with Crippen molar-refractivity contribution < 1.29 is 14.3 Å². The molecular weight excluding hydrogens is 517 g/mol. The number of benzene rings is 2. The van der Waals surface area contributed by atoms with Crippen molar-refractivity contribution in [3.05, 3.63) is 66.5 Å². The van der Waals surface area contributed by atoms with Crippen LogP contribution in [0.15, 0.2) is 51.8 Å². The highest BCUT2D eigenvalue weighted by molar-refractivity contribution is 14.1. The highest BCUT2D eigenvalue weighted by Gasteiger charge is 2.35. The summed E-state index contributed by atoms with van der Waals surface area (Å²) in [5, 5.41) is -0.251. The summed E-state index contributed by atoms with van der Waals surface area (Å²) in [6.45, 7) is 0.265. The van der Waals surface area contributed by atoms with Gasteiger partial charge in [0.25, 0.3) is 11.1 Å². The number of halogens is 2. The fourth-order valence-corrected chi connectivity index (χ4v) is 4.42. The summed E-state index contributed by atoms with van der Waals surface area (Å²) in [6.07, 6.45) is 1.74. The van der Waals surface area contributed by atoms with E-state index in [-0.39, 0.29) is 17.7 Å². The maximum Gasteiger partial charge on any atom is 0.293 e. The van der Waals surface area contributed by atoms with Crippen LogP contribution in [0.5, 0.6) is 5.75 Å². The fourth-order valence-electron chi connectivity index (χ4n) is 2.38. The molecule has 0 aliphatic carbocycles. The van der Waals surface area contributed by atoms with Crippen molar-refractivity contribution >= 4 is 67.5 Å². The van der Waals surface area contributed by atoms with Gasteiger partial charge in [0.15, 0.2) is 0 Å². The van der Waals surface area contributed by atoms with Gasteiger partial charge in [-0.1, -0.05) is 34.1 Å². The second-order valence-corrected chi connectivity index (χ2v) is 8.36. The Morgan fingerprint density at radius 3 is 2.72 bits per heavy atom. The van der Waals surface area contributed by atoms with Crippen molar-refractivity contribution in [2.45, 2.75) is 6.54 Å². The molecule has 0 bridgehead atoms. The van der Waals surface area contributed by atoms with Gasteiger partial charge in [-0.15, -0.1) is 0 Å². The minimum atomic E-state index is -0.263. The van der Waals surface area contributed by atoms with Crippen molar-refractivity contribution in [1.29, 1.82) is 0 Å². The molecule has 1 saturated heterocycles. The zero-order chi connectivity index (χ0) is 18.0. The van der Waals surface area contributed by atoms with E-state index in [2.05, 4.69) is 38.5 Å². The Morgan fingerprint density at radius 2 is 2.04 bits per heavy atom. The summed E-state index contributed by atoms with van der Waals surface area (Å²) in [5.41, 5.74) is 1.76. The van der Waals surface area contributed by atoms with Crippen LogP contribution in [0.1, 0.15) is 11.1 Å². The lowest BCUT2D eigenvalue weighted by molar-refractivity contribution is -0.123. The molecule has 0 atom stereocenters. The molecule has 3 rings (SSSR count). The first-order chi connectivity index (χ1) is 12.0. The number of carbonyl (C=O) groups is 2. The molecule has 2 aromatic carbocycles. The normalized spacial score (nSPS) is 16.0. The number of carbonyl (C=O) groups excluding carboxylic acids is 2. The average molecular weight is 530 g/mol. The van der Waals surface area contributed by atoms with Crippen molar-refractivity contribution in [1.82, 2.24) is 4.90 Å². The summed E-state index contributed by atoms with van der Waals surface area (Å²) >= 11 is 6.55. The van der Waals surface area contributed by atoms with Gasteiger partial charge in [-0.25, -0.2) is 0 Å². The zero-order valence-electron chi connectivity index (χ0n) is 13.2. The van der Waals surface area contributed by atoms with Gasteiger partial charge in [-0.05, 0) is 75.8 Å². The van der Waals surface area contributed by atoms with Gasteiger partial charge < -0.3 is 4.74 Å². The van der Waals surface area contributed by atoms with Gasteiger partial charge in [0.2, 0.25) is 0 Å². The number of hydrogen-bond acceptors (Lipinski definition) is 4.